The second-order valence-corrected chi connectivity index (χ2v) is 8.27. The zero-order valence-electron chi connectivity index (χ0n) is 17.5. The molecule has 0 spiro atoms. The van der Waals surface area contributed by atoms with Crippen LogP contribution in [0.4, 0.5) is 4.39 Å². The Hall–Kier alpha value is -3.47. The van der Waals surface area contributed by atoms with Crippen LogP contribution in [0.2, 0.25) is 0 Å². The number of para-hydroxylation sites is 2. The summed E-state index contributed by atoms with van der Waals surface area (Å²) in [4.78, 5) is 19.6. The first-order valence-electron chi connectivity index (χ1n) is 10.6. The minimum Gasteiger partial charge on any atom is -0.338 e. The fourth-order valence-electron chi connectivity index (χ4n) is 4.44. The van der Waals surface area contributed by atoms with E-state index in [2.05, 4.69) is 41.8 Å². The van der Waals surface area contributed by atoms with Crippen LogP contribution in [0.15, 0.2) is 72.8 Å². The molecule has 0 N–H and O–H groups in total. The molecule has 1 aliphatic rings. The smallest absolute Gasteiger partial charge is 0.223 e. The molecule has 5 rings (SSSR count). The average molecular weight is 413 g/mol. The van der Waals surface area contributed by atoms with Gasteiger partial charge in [0.1, 0.15) is 11.6 Å². The van der Waals surface area contributed by atoms with Gasteiger partial charge in [-0.1, -0.05) is 48.5 Å². The van der Waals surface area contributed by atoms with Crippen molar-refractivity contribution in [2.75, 3.05) is 6.54 Å². The lowest BCUT2D eigenvalue weighted by molar-refractivity contribution is -0.128. The van der Waals surface area contributed by atoms with Gasteiger partial charge in [0.15, 0.2) is 0 Å². The molecule has 0 saturated carbocycles. The monoisotopic (exact) mass is 413 g/mol. The predicted molar refractivity (Wildman–Crippen MR) is 119 cm³/mol. The molecule has 1 aliphatic heterocycles. The van der Waals surface area contributed by atoms with Gasteiger partial charge in [-0.05, 0) is 47.9 Å². The Kier molecular flexibility index (Phi) is 5.02. The molecule has 1 atom stereocenters. The van der Waals surface area contributed by atoms with E-state index in [9.17, 15) is 9.18 Å². The van der Waals surface area contributed by atoms with E-state index in [4.69, 9.17) is 4.98 Å². The number of halogens is 1. The lowest BCUT2D eigenvalue weighted by atomic mass is 10.1. The zero-order chi connectivity index (χ0) is 21.4. The summed E-state index contributed by atoms with van der Waals surface area (Å²) in [5, 5.41) is 0. The van der Waals surface area contributed by atoms with Crippen molar-refractivity contribution < 1.29 is 9.18 Å². The number of hydrogen-bond donors (Lipinski definition) is 0. The van der Waals surface area contributed by atoms with Gasteiger partial charge in [0, 0.05) is 32.0 Å². The summed E-state index contributed by atoms with van der Waals surface area (Å²) in [6.07, 6.45) is 0.443. The minimum atomic E-state index is -0.265. The molecule has 0 bridgehead atoms. The summed E-state index contributed by atoms with van der Waals surface area (Å²) in [6, 6.07) is 22.9. The predicted octanol–water partition coefficient (Wildman–Crippen LogP) is 5.05. The summed E-state index contributed by atoms with van der Waals surface area (Å²) < 4.78 is 15.5. The number of likely N-dealkylation sites (tertiary alicyclic amines) is 1. The van der Waals surface area contributed by atoms with Gasteiger partial charge in [0.2, 0.25) is 5.91 Å². The number of benzene rings is 3. The molecule has 0 aliphatic carbocycles. The number of carbonyl (C=O) groups is 1. The second kappa shape index (κ2) is 7.99. The number of fused-ring (bicyclic) bond motifs is 1. The maximum absolute atomic E-state index is 13.2. The number of rotatable bonds is 5. The van der Waals surface area contributed by atoms with Crippen molar-refractivity contribution in [2.45, 2.75) is 32.4 Å². The minimum absolute atomic E-state index is 0.0318. The SMILES string of the molecule is Cc1ccccc1Cn1c(C2CC(=O)N(Cc3ccc(F)cc3)C2)nc2ccccc21. The Labute approximate surface area is 181 Å². The first-order valence-corrected chi connectivity index (χ1v) is 10.6. The molecule has 0 radical (unpaired) electrons. The van der Waals surface area contributed by atoms with Crippen molar-refractivity contribution in [3.63, 3.8) is 0 Å². The number of nitrogens with zero attached hydrogens (tertiary/aromatic N) is 3. The normalized spacial score (nSPS) is 16.4. The van der Waals surface area contributed by atoms with Gasteiger partial charge < -0.3 is 9.47 Å². The third-order valence-corrected chi connectivity index (χ3v) is 6.14. The first kappa shape index (κ1) is 19.5. The maximum atomic E-state index is 13.2. The number of aromatic nitrogens is 2. The van der Waals surface area contributed by atoms with Gasteiger partial charge in [0.25, 0.3) is 0 Å². The van der Waals surface area contributed by atoms with E-state index < -0.39 is 0 Å². The molecule has 2 heterocycles. The summed E-state index contributed by atoms with van der Waals surface area (Å²) in [5.74, 6) is 0.840. The molecule has 1 saturated heterocycles. The molecule has 3 aromatic carbocycles. The van der Waals surface area contributed by atoms with Crippen LogP contribution in [0.25, 0.3) is 11.0 Å². The molecule has 4 nitrogen and oxygen atoms in total. The van der Waals surface area contributed by atoms with Crippen LogP contribution in [0.3, 0.4) is 0 Å². The Morgan fingerprint density at radius 3 is 2.52 bits per heavy atom. The van der Waals surface area contributed by atoms with E-state index in [1.807, 2.05) is 23.1 Å². The van der Waals surface area contributed by atoms with Crippen LogP contribution in [-0.4, -0.2) is 26.9 Å². The standard InChI is InChI=1S/C26H24FN3O/c1-18-6-2-3-7-20(18)17-30-24-9-5-4-8-23(24)28-26(30)21-14-25(31)29(16-21)15-19-10-12-22(27)13-11-19/h2-13,21H,14-17H2,1H3. The van der Waals surface area contributed by atoms with Gasteiger partial charge >= 0.3 is 0 Å². The number of imidazole rings is 1. The highest BCUT2D eigenvalue weighted by Gasteiger charge is 2.34. The third kappa shape index (κ3) is 3.83. The molecule has 1 amide bonds. The first-order chi connectivity index (χ1) is 15.1. The van der Waals surface area contributed by atoms with Crippen molar-refractivity contribution in [2.24, 2.45) is 0 Å². The van der Waals surface area contributed by atoms with Crippen LogP contribution >= 0.6 is 0 Å². The molecule has 1 fully saturated rings. The van der Waals surface area contributed by atoms with Gasteiger partial charge in [-0.2, -0.15) is 0 Å². The highest BCUT2D eigenvalue weighted by Crippen LogP contribution is 2.32. The van der Waals surface area contributed by atoms with Crippen LogP contribution in [0.1, 0.15) is 34.9 Å². The van der Waals surface area contributed by atoms with Gasteiger partial charge in [-0.25, -0.2) is 9.37 Å². The Balaban J connectivity index is 1.46. The molecule has 4 aromatic rings. The summed E-state index contributed by atoms with van der Waals surface area (Å²) in [7, 11) is 0. The lowest BCUT2D eigenvalue weighted by Gasteiger charge is -2.18. The Bertz CT molecular complexity index is 1250. The number of aryl methyl sites for hydroxylation is 1. The third-order valence-electron chi connectivity index (χ3n) is 6.14. The Morgan fingerprint density at radius 1 is 0.968 bits per heavy atom. The van der Waals surface area contributed by atoms with Crippen molar-refractivity contribution in [1.82, 2.24) is 14.5 Å². The number of hydrogen-bond acceptors (Lipinski definition) is 2. The molecule has 5 heteroatoms. The van der Waals surface area contributed by atoms with Crippen molar-refractivity contribution in [3.05, 3.63) is 101 Å². The summed E-state index contributed by atoms with van der Waals surface area (Å²) >= 11 is 0. The van der Waals surface area contributed by atoms with Crippen LogP contribution in [0, 0.1) is 12.7 Å². The fourth-order valence-corrected chi connectivity index (χ4v) is 4.44. The molecule has 156 valence electrons. The number of carbonyl (C=O) groups excluding carboxylic acids is 1. The van der Waals surface area contributed by atoms with E-state index >= 15 is 0 Å². The van der Waals surface area contributed by atoms with Crippen molar-refractivity contribution >= 4 is 16.9 Å². The average Bonchev–Trinajstić information content (AvgIpc) is 3.32. The van der Waals surface area contributed by atoms with Crippen molar-refractivity contribution in [3.8, 4) is 0 Å². The second-order valence-electron chi connectivity index (χ2n) is 8.27. The van der Waals surface area contributed by atoms with E-state index in [1.54, 1.807) is 12.1 Å². The molecular weight excluding hydrogens is 389 g/mol. The number of amides is 1. The highest BCUT2D eigenvalue weighted by molar-refractivity contribution is 5.81. The fraction of sp³-hybridized carbons (Fsp3) is 0.231. The molecular formula is C26H24FN3O. The van der Waals surface area contributed by atoms with E-state index in [0.717, 1.165) is 29.0 Å². The Morgan fingerprint density at radius 2 is 1.71 bits per heavy atom. The largest absolute Gasteiger partial charge is 0.338 e. The molecule has 1 aromatic heterocycles. The topological polar surface area (TPSA) is 38.1 Å². The summed E-state index contributed by atoms with van der Waals surface area (Å²) in [6.45, 7) is 3.96. The maximum Gasteiger partial charge on any atom is 0.223 e. The summed E-state index contributed by atoms with van der Waals surface area (Å²) in [5.41, 5.74) is 5.47. The van der Waals surface area contributed by atoms with E-state index in [0.29, 0.717) is 19.5 Å². The lowest BCUT2D eigenvalue weighted by Crippen LogP contribution is -2.24. The van der Waals surface area contributed by atoms with Crippen LogP contribution in [-0.2, 0) is 17.9 Å². The highest BCUT2D eigenvalue weighted by atomic mass is 19.1. The van der Waals surface area contributed by atoms with Crippen LogP contribution in [0.5, 0.6) is 0 Å². The zero-order valence-corrected chi connectivity index (χ0v) is 17.5. The molecule has 31 heavy (non-hydrogen) atoms. The van der Waals surface area contributed by atoms with E-state index in [1.165, 1.54) is 23.3 Å². The van der Waals surface area contributed by atoms with Gasteiger partial charge in [-0.3, -0.25) is 4.79 Å². The van der Waals surface area contributed by atoms with Crippen molar-refractivity contribution in [1.29, 1.82) is 0 Å². The van der Waals surface area contributed by atoms with Gasteiger partial charge in [-0.15, -0.1) is 0 Å². The van der Waals surface area contributed by atoms with Crippen LogP contribution < -0.4 is 0 Å². The molecule has 1 unspecified atom stereocenters. The van der Waals surface area contributed by atoms with E-state index in [-0.39, 0.29) is 17.6 Å². The quantitative estimate of drug-likeness (QED) is 0.459. The van der Waals surface area contributed by atoms with Gasteiger partial charge in [0.05, 0.1) is 11.0 Å².